The molecule has 0 saturated carbocycles. The second kappa shape index (κ2) is 10.3. The van der Waals surface area contributed by atoms with E-state index in [1.54, 1.807) is 25.3 Å². The van der Waals surface area contributed by atoms with E-state index in [1.165, 1.54) is 6.07 Å². The van der Waals surface area contributed by atoms with Crippen LogP contribution in [-0.2, 0) is 17.8 Å². The van der Waals surface area contributed by atoms with Crippen LogP contribution in [0.15, 0.2) is 45.6 Å². The van der Waals surface area contributed by atoms with Crippen LogP contribution in [0, 0.1) is 12.7 Å². The molecule has 0 aliphatic rings. The summed E-state index contributed by atoms with van der Waals surface area (Å²) < 4.78 is 25.0. The lowest BCUT2D eigenvalue weighted by atomic mass is 10.0. The molecule has 6 nitrogen and oxygen atoms in total. The van der Waals surface area contributed by atoms with Crippen LogP contribution in [0.4, 0.5) is 10.1 Å². The van der Waals surface area contributed by atoms with Crippen molar-refractivity contribution in [2.45, 2.75) is 40.2 Å². The van der Waals surface area contributed by atoms with Crippen molar-refractivity contribution in [2.75, 3.05) is 25.1 Å². The number of aryl methyl sites for hydroxylation is 1. The summed E-state index contributed by atoms with van der Waals surface area (Å²) in [5.74, 6) is 0.0853. The van der Waals surface area contributed by atoms with Gasteiger partial charge < -0.3 is 19.4 Å². The summed E-state index contributed by atoms with van der Waals surface area (Å²) in [4.78, 5) is 26.7. The van der Waals surface area contributed by atoms with Crippen molar-refractivity contribution in [3.63, 3.8) is 0 Å². The van der Waals surface area contributed by atoms with Gasteiger partial charge in [-0.1, -0.05) is 6.07 Å². The fourth-order valence-electron chi connectivity index (χ4n) is 3.80. The molecule has 1 amide bonds. The Morgan fingerprint density at radius 3 is 2.56 bits per heavy atom. The number of benzene rings is 2. The summed E-state index contributed by atoms with van der Waals surface area (Å²) in [5.41, 5.74) is 2.51. The van der Waals surface area contributed by atoms with Crippen LogP contribution in [0.5, 0.6) is 5.75 Å². The van der Waals surface area contributed by atoms with Crippen molar-refractivity contribution in [3.8, 4) is 5.75 Å². The largest absolute Gasteiger partial charge is 0.497 e. The van der Waals surface area contributed by atoms with Gasteiger partial charge in [0.25, 0.3) is 0 Å². The van der Waals surface area contributed by atoms with E-state index in [0.717, 1.165) is 24.0 Å². The number of methoxy groups -OCH3 is 1. The minimum atomic E-state index is -0.454. The molecule has 7 heteroatoms. The molecule has 0 saturated heterocycles. The normalized spacial score (nSPS) is 10.9. The molecule has 3 aromatic rings. The zero-order chi connectivity index (χ0) is 23.3. The minimum absolute atomic E-state index is 0.132. The summed E-state index contributed by atoms with van der Waals surface area (Å²) in [6.45, 7) is 7.47. The number of hydrogen-bond donors (Lipinski definition) is 1. The molecule has 1 aromatic heterocycles. The Morgan fingerprint density at radius 1 is 1.16 bits per heavy atom. The standard InChI is InChI=1S/C25H29FN2O4/c1-5-28(6-2)22-11-7-17(13-21(22)26)15-27-24(29)12-10-20-16(3)19-9-8-18(31-4)14-23(19)32-25(20)30/h7-9,11,13-14H,5-6,10,12,15H2,1-4H3,(H,27,29). The van der Waals surface area contributed by atoms with E-state index < -0.39 is 5.63 Å². The Hall–Kier alpha value is -3.35. The first kappa shape index (κ1) is 23.3. The molecule has 0 aliphatic carbocycles. The number of amides is 1. The highest BCUT2D eigenvalue weighted by molar-refractivity contribution is 5.82. The summed E-state index contributed by atoms with van der Waals surface area (Å²) in [5, 5.41) is 3.61. The average molecular weight is 441 g/mol. The third-order valence-electron chi connectivity index (χ3n) is 5.70. The van der Waals surface area contributed by atoms with Gasteiger partial charge in [0.2, 0.25) is 5.91 Å². The lowest BCUT2D eigenvalue weighted by Crippen LogP contribution is -2.25. The summed E-state index contributed by atoms with van der Waals surface area (Å²) in [6, 6.07) is 10.3. The number of halogens is 1. The molecule has 1 N–H and O–H groups in total. The fraction of sp³-hybridized carbons (Fsp3) is 0.360. The van der Waals surface area contributed by atoms with Crippen LogP contribution >= 0.6 is 0 Å². The quantitative estimate of drug-likeness (QED) is 0.501. The Labute approximate surface area is 187 Å². The molecule has 0 unspecified atom stereocenters. The van der Waals surface area contributed by atoms with Crippen LogP contribution in [0.1, 0.15) is 37.0 Å². The van der Waals surface area contributed by atoms with E-state index in [-0.39, 0.29) is 31.1 Å². The van der Waals surface area contributed by atoms with Gasteiger partial charge in [-0.15, -0.1) is 0 Å². The fourth-order valence-corrected chi connectivity index (χ4v) is 3.80. The Kier molecular flexibility index (Phi) is 7.51. The first-order chi connectivity index (χ1) is 15.4. The molecule has 0 spiro atoms. The molecule has 0 atom stereocenters. The number of nitrogens with zero attached hydrogens (tertiary/aromatic N) is 1. The average Bonchev–Trinajstić information content (AvgIpc) is 2.79. The highest BCUT2D eigenvalue weighted by Crippen LogP contribution is 2.24. The van der Waals surface area contributed by atoms with Gasteiger partial charge in [-0.2, -0.15) is 0 Å². The molecule has 1 heterocycles. The van der Waals surface area contributed by atoms with Crippen LogP contribution < -0.4 is 20.6 Å². The smallest absolute Gasteiger partial charge is 0.339 e. The van der Waals surface area contributed by atoms with E-state index in [0.29, 0.717) is 28.1 Å². The van der Waals surface area contributed by atoms with Crippen molar-refractivity contribution < 1.29 is 18.3 Å². The Bertz CT molecular complexity index is 1170. The van der Waals surface area contributed by atoms with Gasteiger partial charge in [0.05, 0.1) is 12.8 Å². The van der Waals surface area contributed by atoms with Gasteiger partial charge >= 0.3 is 5.63 Å². The molecule has 170 valence electrons. The maximum atomic E-state index is 14.4. The predicted octanol–water partition coefficient (Wildman–Crippen LogP) is 4.34. The molecule has 0 radical (unpaired) electrons. The first-order valence-electron chi connectivity index (χ1n) is 10.8. The Morgan fingerprint density at radius 2 is 1.91 bits per heavy atom. The van der Waals surface area contributed by atoms with Gasteiger partial charge in [-0.25, -0.2) is 9.18 Å². The predicted molar refractivity (Wildman–Crippen MR) is 124 cm³/mol. The SMILES string of the molecule is CCN(CC)c1ccc(CNC(=O)CCc2c(C)c3ccc(OC)cc3oc2=O)cc1F. The molecule has 32 heavy (non-hydrogen) atoms. The van der Waals surface area contributed by atoms with Crippen molar-refractivity contribution in [3.05, 3.63) is 69.3 Å². The maximum Gasteiger partial charge on any atom is 0.339 e. The highest BCUT2D eigenvalue weighted by Gasteiger charge is 2.14. The van der Waals surface area contributed by atoms with Crippen molar-refractivity contribution in [2.24, 2.45) is 0 Å². The van der Waals surface area contributed by atoms with E-state index in [1.807, 2.05) is 37.8 Å². The molecule has 2 aromatic carbocycles. The number of fused-ring (bicyclic) bond motifs is 1. The minimum Gasteiger partial charge on any atom is -0.497 e. The van der Waals surface area contributed by atoms with Crippen LogP contribution in [0.3, 0.4) is 0 Å². The van der Waals surface area contributed by atoms with Gasteiger partial charge in [-0.05, 0) is 62.6 Å². The zero-order valence-corrected chi connectivity index (χ0v) is 19.0. The second-order valence-corrected chi connectivity index (χ2v) is 7.59. The molecule has 0 fully saturated rings. The number of rotatable bonds is 9. The van der Waals surface area contributed by atoms with Gasteiger partial charge in [-0.3, -0.25) is 4.79 Å². The van der Waals surface area contributed by atoms with E-state index in [9.17, 15) is 14.0 Å². The van der Waals surface area contributed by atoms with Crippen molar-refractivity contribution in [1.82, 2.24) is 5.32 Å². The lowest BCUT2D eigenvalue weighted by molar-refractivity contribution is -0.121. The van der Waals surface area contributed by atoms with Crippen LogP contribution in [-0.4, -0.2) is 26.1 Å². The third-order valence-corrected chi connectivity index (χ3v) is 5.70. The number of carbonyl (C=O) groups excluding carboxylic acids is 1. The maximum absolute atomic E-state index is 14.4. The van der Waals surface area contributed by atoms with Gasteiger partial charge in [0, 0.05) is 43.1 Å². The molecule has 3 rings (SSSR count). The molecular weight excluding hydrogens is 411 g/mol. The first-order valence-corrected chi connectivity index (χ1v) is 10.8. The third kappa shape index (κ3) is 5.10. The van der Waals surface area contributed by atoms with Crippen molar-refractivity contribution >= 4 is 22.6 Å². The highest BCUT2D eigenvalue weighted by atomic mass is 19.1. The number of ether oxygens (including phenoxy) is 1. The molecule has 0 aliphatic heterocycles. The summed E-state index contributed by atoms with van der Waals surface area (Å²) in [7, 11) is 1.55. The topological polar surface area (TPSA) is 71.8 Å². The zero-order valence-electron chi connectivity index (χ0n) is 19.0. The number of hydrogen-bond acceptors (Lipinski definition) is 5. The number of anilines is 1. The van der Waals surface area contributed by atoms with Crippen LogP contribution in [0.25, 0.3) is 11.0 Å². The molecular formula is C25H29FN2O4. The summed E-state index contributed by atoms with van der Waals surface area (Å²) in [6.07, 6.45) is 0.393. The van der Waals surface area contributed by atoms with E-state index in [4.69, 9.17) is 9.15 Å². The Balaban J connectivity index is 1.63. The lowest BCUT2D eigenvalue weighted by Gasteiger charge is -2.22. The number of nitrogens with one attached hydrogen (secondary N) is 1. The second-order valence-electron chi connectivity index (χ2n) is 7.59. The van der Waals surface area contributed by atoms with E-state index in [2.05, 4.69) is 5.32 Å². The monoisotopic (exact) mass is 440 g/mol. The van der Waals surface area contributed by atoms with Crippen LogP contribution in [0.2, 0.25) is 0 Å². The van der Waals surface area contributed by atoms with E-state index >= 15 is 0 Å². The van der Waals surface area contributed by atoms with Gasteiger partial charge in [0.1, 0.15) is 17.1 Å². The van der Waals surface area contributed by atoms with Gasteiger partial charge in [0.15, 0.2) is 0 Å². The van der Waals surface area contributed by atoms with Crippen molar-refractivity contribution in [1.29, 1.82) is 0 Å². The molecule has 0 bridgehead atoms. The number of carbonyl (C=O) groups is 1. The summed E-state index contributed by atoms with van der Waals surface area (Å²) >= 11 is 0.